The lowest BCUT2D eigenvalue weighted by Gasteiger charge is -2.05. The molecule has 3 aromatic heterocycles. The molecule has 0 saturated carbocycles. The van der Waals surface area contributed by atoms with Crippen molar-refractivity contribution in [2.45, 2.75) is 20.3 Å². The number of rotatable bonds is 5. The van der Waals surface area contributed by atoms with Gasteiger partial charge in [0.2, 0.25) is 11.8 Å². The van der Waals surface area contributed by atoms with Gasteiger partial charge in [0, 0.05) is 27.6 Å². The van der Waals surface area contributed by atoms with E-state index in [1.54, 1.807) is 22.7 Å². The topological polar surface area (TPSA) is 68.0 Å². The first-order valence-corrected chi connectivity index (χ1v) is 10.2. The van der Waals surface area contributed by atoms with E-state index in [0.717, 1.165) is 33.3 Å². The van der Waals surface area contributed by atoms with Gasteiger partial charge in [0.1, 0.15) is 10.8 Å². The van der Waals surface area contributed by atoms with Crippen LogP contribution < -0.4 is 5.32 Å². The van der Waals surface area contributed by atoms with Gasteiger partial charge in [0.05, 0.1) is 17.8 Å². The van der Waals surface area contributed by atoms with Gasteiger partial charge in [-0.25, -0.2) is 9.97 Å². The van der Waals surface area contributed by atoms with E-state index in [1.807, 2.05) is 54.9 Å². The fourth-order valence-corrected chi connectivity index (χ4v) is 4.13. The summed E-state index contributed by atoms with van der Waals surface area (Å²) in [5.74, 6) is 1.25. The molecule has 0 saturated heterocycles. The van der Waals surface area contributed by atoms with Gasteiger partial charge in [-0.2, -0.15) is 11.3 Å². The Morgan fingerprint density at radius 2 is 2.04 bits per heavy atom. The fourth-order valence-electron chi connectivity index (χ4n) is 2.60. The number of oxazole rings is 1. The SMILES string of the molecule is Cc1nc(-c2cccc(NC(=O)Cc3csc(-c4ccsc4)n3)c2)oc1C. The summed E-state index contributed by atoms with van der Waals surface area (Å²) in [4.78, 5) is 21.4. The number of aryl methyl sites for hydroxylation is 2. The fraction of sp³-hybridized carbons (Fsp3) is 0.150. The molecule has 0 aliphatic rings. The van der Waals surface area contributed by atoms with Crippen molar-refractivity contribution in [1.82, 2.24) is 9.97 Å². The highest BCUT2D eigenvalue weighted by Gasteiger charge is 2.12. The third-order valence-corrected chi connectivity index (χ3v) is 5.71. The van der Waals surface area contributed by atoms with Gasteiger partial charge in [-0.1, -0.05) is 6.07 Å². The molecule has 0 unspecified atom stereocenters. The summed E-state index contributed by atoms with van der Waals surface area (Å²) in [6.45, 7) is 3.79. The Morgan fingerprint density at radius 3 is 2.78 bits per heavy atom. The van der Waals surface area contributed by atoms with E-state index in [9.17, 15) is 4.79 Å². The van der Waals surface area contributed by atoms with Crippen LogP contribution in [0.4, 0.5) is 5.69 Å². The molecule has 5 nitrogen and oxygen atoms in total. The van der Waals surface area contributed by atoms with Crippen molar-refractivity contribution in [2.75, 3.05) is 5.32 Å². The highest BCUT2D eigenvalue weighted by Crippen LogP contribution is 2.26. The standard InChI is InChI=1S/C20H17N3O2S2/c1-12-13(2)25-19(21-12)14-4-3-5-16(8-14)22-18(24)9-17-11-27-20(23-17)15-6-7-26-10-15/h3-8,10-11H,9H2,1-2H3,(H,22,24). The van der Waals surface area contributed by atoms with Crippen molar-refractivity contribution < 1.29 is 9.21 Å². The van der Waals surface area contributed by atoms with E-state index in [4.69, 9.17) is 4.42 Å². The molecule has 0 aliphatic carbocycles. The van der Waals surface area contributed by atoms with Crippen molar-refractivity contribution in [3.63, 3.8) is 0 Å². The third kappa shape index (κ3) is 3.99. The summed E-state index contributed by atoms with van der Waals surface area (Å²) in [5, 5.41) is 9.87. The Morgan fingerprint density at radius 1 is 1.15 bits per heavy atom. The summed E-state index contributed by atoms with van der Waals surface area (Å²) in [5.41, 5.74) is 4.27. The van der Waals surface area contributed by atoms with Crippen LogP contribution in [0.1, 0.15) is 17.1 Å². The van der Waals surface area contributed by atoms with Crippen molar-refractivity contribution in [3.8, 4) is 22.0 Å². The van der Waals surface area contributed by atoms with Crippen molar-refractivity contribution in [2.24, 2.45) is 0 Å². The maximum atomic E-state index is 12.4. The normalized spacial score (nSPS) is 10.9. The second-order valence-electron chi connectivity index (χ2n) is 6.12. The van der Waals surface area contributed by atoms with Crippen LogP contribution in [0.3, 0.4) is 0 Å². The van der Waals surface area contributed by atoms with E-state index in [-0.39, 0.29) is 12.3 Å². The molecule has 0 spiro atoms. The zero-order chi connectivity index (χ0) is 18.8. The molecule has 0 atom stereocenters. The molecule has 0 fully saturated rings. The summed E-state index contributed by atoms with van der Waals surface area (Å²) in [7, 11) is 0. The number of nitrogens with zero attached hydrogens (tertiary/aromatic N) is 2. The summed E-state index contributed by atoms with van der Waals surface area (Å²) < 4.78 is 5.66. The second-order valence-corrected chi connectivity index (χ2v) is 7.76. The Labute approximate surface area is 164 Å². The lowest BCUT2D eigenvalue weighted by atomic mass is 10.2. The zero-order valence-corrected chi connectivity index (χ0v) is 16.5. The lowest BCUT2D eigenvalue weighted by molar-refractivity contribution is -0.115. The van der Waals surface area contributed by atoms with Crippen LogP contribution in [-0.2, 0) is 11.2 Å². The predicted octanol–water partition coefficient (Wildman–Crippen LogP) is 5.32. The first-order chi connectivity index (χ1) is 13.1. The largest absolute Gasteiger partial charge is 0.441 e. The summed E-state index contributed by atoms with van der Waals surface area (Å²) in [6, 6.07) is 9.53. The number of nitrogens with one attached hydrogen (secondary N) is 1. The van der Waals surface area contributed by atoms with Gasteiger partial charge < -0.3 is 9.73 Å². The molecule has 136 valence electrons. The average Bonchev–Trinajstić information content (AvgIpc) is 3.37. The van der Waals surface area contributed by atoms with Crippen molar-refractivity contribution in [3.05, 3.63) is 63.6 Å². The minimum Gasteiger partial charge on any atom is -0.441 e. The number of benzene rings is 1. The molecule has 1 N–H and O–H groups in total. The molecule has 0 bridgehead atoms. The number of hydrogen-bond donors (Lipinski definition) is 1. The summed E-state index contributed by atoms with van der Waals surface area (Å²) >= 11 is 3.19. The van der Waals surface area contributed by atoms with Crippen LogP contribution in [0.15, 0.2) is 50.9 Å². The molecule has 27 heavy (non-hydrogen) atoms. The van der Waals surface area contributed by atoms with Gasteiger partial charge in [0.15, 0.2) is 0 Å². The molecular weight excluding hydrogens is 378 g/mol. The number of carbonyl (C=O) groups excluding carboxylic acids is 1. The van der Waals surface area contributed by atoms with E-state index in [2.05, 4.69) is 20.7 Å². The quantitative estimate of drug-likeness (QED) is 0.496. The molecule has 0 aliphatic heterocycles. The van der Waals surface area contributed by atoms with Crippen LogP contribution in [0, 0.1) is 13.8 Å². The van der Waals surface area contributed by atoms with Crippen LogP contribution in [0.25, 0.3) is 22.0 Å². The van der Waals surface area contributed by atoms with Gasteiger partial charge in [-0.05, 0) is 43.5 Å². The summed E-state index contributed by atoms with van der Waals surface area (Å²) in [6.07, 6.45) is 0.238. The molecule has 4 aromatic rings. The number of thiazole rings is 1. The lowest BCUT2D eigenvalue weighted by Crippen LogP contribution is -2.14. The zero-order valence-electron chi connectivity index (χ0n) is 14.9. The third-order valence-electron chi connectivity index (χ3n) is 4.08. The van der Waals surface area contributed by atoms with Crippen LogP contribution in [-0.4, -0.2) is 15.9 Å². The molecule has 1 aromatic carbocycles. The number of aromatic nitrogens is 2. The number of thiophene rings is 1. The van der Waals surface area contributed by atoms with E-state index in [0.29, 0.717) is 11.6 Å². The Balaban J connectivity index is 1.45. The van der Waals surface area contributed by atoms with Crippen LogP contribution in [0.2, 0.25) is 0 Å². The first-order valence-electron chi connectivity index (χ1n) is 8.40. The number of amides is 1. The minimum atomic E-state index is -0.103. The highest BCUT2D eigenvalue weighted by molar-refractivity contribution is 7.14. The van der Waals surface area contributed by atoms with Crippen molar-refractivity contribution >= 4 is 34.3 Å². The van der Waals surface area contributed by atoms with E-state index >= 15 is 0 Å². The van der Waals surface area contributed by atoms with Crippen molar-refractivity contribution in [1.29, 1.82) is 0 Å². The van der Waals surface area contributed by atoms with Gasteiger partial charge in [-0.15, -0.1) is 11.3 Å². The smallest absolute Gasteiger partial charge is 0.230 e. The minimum absolute atomic E-state index is 0.103. The Kier molecular flexibility index (Phi) is 4.87. The maximum Gasteiger partial charge on any atom is 0.230 e. The van der Waals surface area contributed by atoms with Crippen LogP contribution in [0.5, 0.6) is 0 Å². The number of carbonyl (C=O) groups is 1. The highest BCUT2D eigenvalue weighted by atomic mass is 32.1. The molecule has 0 radical (unpaired) electrons. The second kappa shape index (κ2) is 7.46. The molecule has 1 amide bonds. The maximum absolute atomic E-state index is 12.4. The predicted molar refractivity (Wildman–Crippen MR) is 109 cm³/mol. The monoisotopic (exact) mass is 395 g/mol. The number of anilines is 1. The molecule has 4 rings (SSSR count). The molecule has 7 heteroatoms. The molecule has 3 heterocycles. The van der Waals surface area contributed by atoms with Gasteiger partial charge in [-0.3, -0.25) is 4.79 Å². The Bertz CT molecular complexity index is 1060. The number of hydrogen-bond acceptors (Lipinski definition) is 6. The van der Waals surface area contributed by atoms with Gasteiger partial charge in [0.25, 0.3) is 0 Å². The van der Waals surface area contributed by atoms with E-state index in [1.165, 1.54) is 0 Å². The van der Waals surface area contributed by atoms with E-state index < -0.39 is 0 Å². The molecular formula is C20H17N3O2S2. The first kappa shape index (κ1) is 17.6. The van der Waals surface area contributed by atoms with Crippen LogP contribution >= 0.6 is 22.7 Å². The Hall–Kier alpha value is -2.77. The van der Waals surface area contributed by atoms with Gasteiger partial charge >= 0.3 is 0 Å². The average molecular weight is 396 g/mol.